The fraction of sp³-hybridized carbons (Fsp3) is 0.333. The zero-order valence-electron chi connectivity index (χ0n) is 8.63. The van der Waals surface area contributed by atoms with Gasteiger partial charge in [0.15, 0.2) is 0 Å². The Hall–Kier alpha value is -1.28. The molecule has 0 unspecified atom stereocenters. The summed E-state index contributed by atoms with van der Waals surface area (Å²) in [6.45, 7) is 3.02. The molecular weight excluding hydrogens is 174 g/mol. The van der Waals surface area contributed by atoms with Crippen LogP contribution in [0.4, 0.5) is 0 Å². The molecule has 1 aromatic heterocycles. The van der Waals surface area contributed by atoms with Crippen molar-refractivity contribution < 1.29 is 4.42 Å². The Morgan fingerprint density at radius 3 is 2.86 bits per heavy atom. The minimum absolute atomic E-state index is 0.990. The fourth-order valence-corrected chi connectivity index (χ4v) is 1.78. The van der Waals surface area contributed by atoms with Crippen LogP contribution in [0.5, 0.6) is 0 Å². The second-order valence-electron chi connectivity index (χ2n) is 3.49. The Labute approximate surface area is 83.9 Å². The molecule has 2 nitrogen and oxygen atoms in total. The SMILES string of the molecule is CNCCc1c(C)oc2ccccc12. The van der Waals surface area contributed by atoms with Gasteiger partial charge in [0, 0.05) is 10.9 Å². The molecule has 0 spiro atoms. The Bertz CT molecular complexity index is 431. The van der Waals surface area contributed by atoms with Gasteiger partial charge >= 0.3 is 0 Å². The van der Waals surface area contributed by atoms with E-state index in [0.29, 0.717) is 0 Å². The minimum atomic E-state index is 0.990. The topological polar surface area (TPSA) is 25.2 Å². The summed E-state index contributed by atoms with van der Waals surface area (Å²) in [5.41, 5.74) is 2.33. The number of rotatable bonds is 3. The molecule has 0 saturated carbocycles. The Balaban J connectivity index is 2.45. The van der Waals surface area contributed by atoms with E-state index in [-0.39, 0.29) is 0 Å². The number of fused-ring (bicyclic) bond motifs is 1. The van der Waals surface area contributed by atoms with E-state index in [1.165, 1.54) is 10.9 Å². The summed E-state index contributed by atoms with van der Waals surface area (Å²) in [6.07, 6.45) is 1.03. The molecule has 0 saturated heterocycles. The van der Waals surface area contributed by atoms with Gasteiger partial charge in [-0.1, -0.05) is 18.2 Å². The molecule has 0 radical (unpaired) electrons. The van der Waals surface area contributed by atoms with Crippen LogP contribution < -0.4 is 5.32 Å². The highest BCUT2D eigenvalue weighted by Gasteiger charge is 2.08. The molecular formula is C12H15NO. The highest BCUT2D eigenvalue weighted by Crippen LogP contribution is 2.25. The predicted molar refractivity (Wildman–Crippen MR) is 58.6 cm³/mol. The van der Waals surface area contributed by atoms with Crippen LogP contribution in [0, 0.1) is 6.92 Å². The zero-order chi connectivity index (χ0) is 9.97. The Morgan fingerprint density at radius 2 is 2.07 bits per heavy atom. The van der Waals surface area contributed by atoms with E-state index in [2.05, 4.69) is 17.4 Å². The van der Waals surface area contributed by atoms with Gasteiger partial charge in [0.2, 0.25) is 0 Å². The van der Waals surface area contributed by atoms with Crippen LogP contribution in [0.2, 0.25) is 0 Å². The molecule has 0 atom stereocenters. The molecule has 1 aromatic carbocycles. The van der Waals surface area contributed by atoms with E-state index < -0.39 is 0 Å². The monoisotopic (exact) mass is 189 g/mol. The number of likely N-dealkylation sites (N-methyl/N-ethyl adjacent to an activating group) is 1. The van der Waals surface area contributed by atoms with Crippen molar-refractivity contribution >= 4 is 11.0 Å². The van der Waals surface area contributed by atoms with E-state index in [1.807, 2.05) is 26.1 Å². The van der Waals surface area contributed by atoms with Crippen molar-refractivity contribution in [2.75, 3.05) is 13.6 Å². The molecule has 0 fully saturated rings. The third-order valence-electron chi connectivity index (χ3n) is 2.53. The van der Waals surface area contributed by atoms with Crippen LogP contribution in [0.3, 0.4) is 0 Å². The number of para-hydroxylation sites is 1. The highest BCUT2D eigenvalue weighted by atomic mass is 16.3. The van der Waals surface area contributed by atoms with Gasteiger partial charge in [-0.15, -0.1) is 0 Å². The first kappa shape index (κ1) is 9.28. The summed E-state index contributed by atoms with van der Waals surface area (Å²) < 4.78 is 5.67. The van der Waals surface area contributed by atoms with Crippen molar-refractivity contribution in [3.8, 4) is 0 Å². The third kappa shape index (κ3) is 1.53. The maximum Gasteiger partial charge on any atom is 0.134 e. The quantitative estimate of drug-likeness (QED) is 0.802. The standard InChI is InChI=1S/C12H15NO/c1-9-10(7-8-13-2)11-5-3-4-6-12(11)14-9/h3-6,13H,7-8H2,1-2H3. The van der Waals surface area contributed by atoms with Crippen molar-refractivity contribution in [2.45, 2.75) is 13.3 Å². The third-order valence-corrected chi connectivity index (χ3v) is 2.53. The second-order valence-corrected chi connectivity index (χ2v) is 3.49. The fourth-order valence-electron chi connectivity index (χ4n) is 1.78. The summed E-state index contributed by atoms with van der Waals surface area (Å²) >= 11 is 0. The number of aryl methyl sites for hydroxylation is 1. The molecule has 74 valence electrons. The van der Waals surface area contributed by atoms with E-state index in [4.69, 9.17) is 4.42 Å². The predicted octanol–water partition coefficient (Wildman–Crippen LogP) is 2.50. The molecule has 0 bridgehead atoms. The molecule has 2 heteroatoms. The normalized spacial score (nSPS) is 11.0. The van der Waals surface area contributed by atoms with Crippen LogP contribution in [-0.2, 0) is 6.42 Å². The van der Waals surface area contributed by atoms with Crippen molar-refractivity contribution in [2.24, 2.45) is 0 Å². The van der Waals surface area contributed by atoms with Gasteiger partial charge in [-0.25, -0.2) is 0 Å². The van der Waals surface area contributed by atoms with Crippen LogP contribution in [0.15, 0.2) is 28.7 Å². The minimum Gasteiger partial charge on any atom is -0.461 e. The Morgan fingerprint density at radius 1 is 1.29 bits per heavy atom. The molecule has 0 aliphatic carbocycles. The number of furan rings is 1. The van der Waals surface area contributed by atoms with Crippen molar-refractivity contribution in [1.82, 2.24) is 5.32 Å². The van der Waals surface area contributed by atoms with Crippen molar-refractivity contribution in [3.05, 3.63) is 35.6 Å². The first-order chi connectivity index (χ1) is 6.83. The van der Waals surface area contributed by atoms with Crippen LogP contribution in [0.1, 0.15) is 11.3 Å². The summed E-state index contributed by atoms with van der Waals surface area (Å²) in [5.74, 6) is 1.04. The van der Waals surface area contributed by atoms with Crippen LogP contribution >= 0.6 is 0 Å². The van der Waals surface area contributed by atoms with E-state index in [1.54, 1.807) is 0 Å². The van der Waals surface area contributed by atoms with Crippen LogP contribution in [-0.4, -0.2) is 13.6 Å². The van der Waals surface area contributed by atoms with Gasteiger partial charge in [0.1, 0.15) is 11.3 Å². The van der Waals surface area contributed by atoms with Gasteiger partial charge < -0.3 is 9.73 Å². The number of hydrogen-bond acceptors (Lipinski definition) is 2. The molecule has 14 heavy (non-hydrogen) atoms. The first-order valence-electron chi connectivity index (χ1n) is 4.94. The van der Waals surface area contributed by atoms with E-state index >= 15 is 0 Å². The van der Waals surface area contributed by atoms with Gasteiger partial charge in [-0.2, -0.15) is 0 Å². The van der Waals surface area contributed by atoms with E-state index in [0.717, 1.165) is 24.3 Å². The summed E-state index contributed by atoms with van der Waals surface area (Å²) in [6, 6.07) is 8.20. The Kier molecular flexibility index (Phi) is 2.55. The van der Waals surface area contributed by atoms with Crippen molar-refractivity contribution in [3.63, 3.8) is 0 Å². The largest absolute Gasteiger partial charge is 0.461 e. The average Bonchev–Trinajstić information content (AvgIpc) is 2.51. The van der Waals surface area contributed by atoms with Gasteiger partial charge in [0.05, 0.1) is 0 Å². The van der Waals surface area contributed by atoms with Gasteiger partial charge in [0.25, 0.3) is 0 Å². The average molecular weight is 189 g/mol. The first-order valence-corrected chi connectivity index (χ1v) is 4.94. The molecule has 1 heterocycles. The molecule has 0 aliphatic rings. The second kappa shape index (κ2) is 3.84. The number of hydrogen-bond donors (Lipinski definition) is 1. The maximum absolute atomic E-state index is 5.67. The molecule has 0 aliphatic heterocycles. The van der Waals surface area contributed by atoms with E-state index in [9.17, 15) is 0 Å². The highest BCUT2D eigenvalue weighted by molar-refractivity contribution is 5.82. The lowest BCUT2D eigenvalue weighted by Gasteiger charge is -1.98. The molecule has 2 rings (SSSR count). The zero-order valence-corrected chi connectivity index (χ0v) is 8.63. The summed E-state index contributed by atoms with van der Waals surface area (Å²) in [5, 5.41) is 4.41. The smallest absolute Gasteiger partial charge is 0.134 e. The lowest BCUT2D eigenvalue weighted by molar-refractivity contribution is 0.570. The maximum atomic E-state index is 5.67. The summed E-state index contributed by atoms with van der Waals surface area (Å²) in [4.78, 5) is 0. The van der Waals surface area contributed by atoms with Crippen molar-refractivity contribution in [1.29, 1.82) is 0 Å². The lowest BCUT2D eigenvalue weighted by Crippen LogP contribution is -2.10. The molecule has 0 amide bonds. The number of nitrogens with one attached hydrogen (secondary N) is 1. The summed E-state index contributed by atoms with van der Waals surface area (Å²) in [7, 11) is 1.97. The van der Waals surface area contributed by atoms with Gasteiger partial charge in [-0.3, -0.25) is 0 Å². The van der Waals surface area contributed by atoms with Gasteiger partial charge in [-0.05, 0) is 33.0 Å². The van der Waals surface area contributed by atoms with Crippen LogP contribution in [0.25, 0.3) is 11.0 Å². The molecule has 1 N–H and O–H groups in total. The number of benzene rings is 1. The lowest BCUT2D eigenvalue weighted by atomic mass is 10.1. The molecule has 2 aromatic rings.